The number of anilines is 1. The van der Waals surface area contributed by atoms with Gasteiger partial charge in [-0.2, -0.15) is 0 Å². The average molecular weight is 756 g/mol. The molecule has 3 saturated carbocycles. The van der Waals surface area contributed by atoms with E-state index < -0.39 is 11.5 Å². The number of nitrogens with zero attached hydrogens (tertiary/aromatic N) is 1. The molecule has 1 aromatic heterocycles. The minimum Gasteiger partial charge on any atom is -0.468 e. The Morgan fingerprint density at radius 3 is 2.38 bits per heavy atom. The van der Waals surface area contributed by atoms with Gasteiger partial charge in [-0.25, -0.2) is 14.6 Å². The van der Waals surface area contributed by atoms with Gasteiger partial charge in [0.2, 0.25) is 0 Å². The van der Waals surface area contributed by atoms with Crippen molar-refractivity contribution >= 4 is 28.7 Å². The summed E-state index contributed by atoms with van der Waals surface area (Å²) in [7, 11) is 1.51. The van der Waals surface area contributed by atoms with E-state index in [1.165, 1.54) is 37.3 Å². The molecular weight excluding hydrogens is 695 g/mol. The first-order chi connectivity index (χ1) is 26.8. The Morgan fingerprint density at radius 1 is 0.855 bits per heavy atom. The molecule has 8 atom stereocenters. The maximum Gasteiger partial charge on any atom is 0.411 e. The van der Waals surface area contributed by atoms with Crippen molar-refractivity contribution in [3.8, 4) is 0 Å². The lowest BCUT2D eigenvalue weighted by atomic mass is 9.68. The molecule has 3 aliphatic carbocycles. The molecule has 4 fully saturated rings. The predicted molar refractivity (Wildman–Crippen MR) is 212 cm³/mol. The Morgan fingerprint density at radius 2 is 1.60 bits per heavy atom. The van der Waals surface area contributed by atoms with E-state index in [-0.39, 0.29) is 36.3 Å². The highest BCUT2D eigenvalue weighted by atomic mass is 17.2. The van der Waals surface area contributed by atoms with Gasteiger partial charge in [0.05, 0.1) is 32.0 Å². The second-order valence-electron chi connectivity index (χ2n) is 17.7. The van der Waals surface area contributed by atoms with E-state index in [1.807, 2.05) is 30.3 Å². The van der Waals surface area contributed by atoms with Gasteiger partial charge < -0.3 is 24.1 Å². The molecule has 298 valence electrons. The molecule has 0 radical (unpaired) electrons. The molecule has 1 amide bonds. The lowest BCUT2D eigenvalue weighted by Crippen LogP contribution is -2.47. The second kappa shape index (κ2) is 17.0. The third-order valence-electron chi connectivity index (χ3n) is 13.6. The summed E-state index contributed by atoms with van der Waals surface area (Å²) in [6, 6.07) is 16.2. The summed E-state index contributed by atoms with van der Waals surface area (Å²) in [5.74, 6) is 2.50. The van der Waals surface area contributed by atoms with Crippen molar-refractivity contribution in [3.63, 3.8) is 0 Å². The minimum atomic E-state index is -0.733. The summed E-state index contributed by atoms with van der Waals surface area (Å²) in [6.07, 6.45) is 12.3. The maximum atomic E-state index is 13.7. The van der Waals surface area contributed by atoms with Crippen LogP contribution in [0.2, 0.25) is 0 Å². The molecule has 2 aromatic carbocycles. The summed E-state index contributed by atoms with van der Waals surface area (Å²) >= 11 is 0. The molecule has 2 N–H and O–H groups in total. The maximum absolute atomic E-state index is 13.7. The van der Waals surface area contributed by atoms with Crippen molar-refractivity contribution in [2.45, 2.75) is 134 Å². The van der Waals surface area contributed by atoms with Gasteiger partial charge in [-0.05, 0) is 130 Å². The number of aromatic amines is 1. The number of rotatable bonds is 10. The van der Waals surface area contributed by atoms with Crippen molar-refractivity contribution in [3.05, 3.63) is 65.4 Å². The molecule has 1 saturated heterocycles. The number of methoxy groups -OCH3 is 1. The lowest BCUT2D eigenvalue weighted by molar-refractivity contribution is -0.364. The van der Waals surface area contributed by atoms with Crippen LogP contribution in [0.25, 0.3) is 10.9 Å². The first-order valence-electron chi connectivity index (χ1n) is 21.2. The predicted octanol–water partition coefficient (Wildman–Crippen LogP) is 8.86. The number of nitrogens with one attached hydrogen (secondary N) is 2. The van der Waals surface area contributed by atoms with E-state index in [0.29, 0.717) is 31.6 Å². The van der Waals surface area contributed by atoms with Crippen molar-refractivity contribution in [1.82, 2.24) is 9.88 Å². The minimum absolute atomic E-state index is 0.0423. The number of H-pyrrole nitrogens is 1. The van der Waals surface area contributed by atoms with E-state index in [1.54, 1.807) is 0 Å². The van der Waals surface area contributed by atoms with E-state index >= 15 is 0 Å². The fourth-order valence-corrected chi connectivity index (χ4v) is 11.1. The van der Waals surface area contributed by atoms with Crippen LogP contribution >= 0.6 is 0 Å². The number of para-hydroxylation sites is 1. The molecule has 2 aliphatic heterocycles. The Kier molecular flexibility index (Phi) is 11.9. The van der Waals surface area contributed by atoms with Gasteiger partial charge >= 0.3 is 12.1 Å². The van der Waals surface area contributed by atoms with Crippen LogP contribution < -0.4 is 5.32 Å². The topological polar surface area (TPSA) is 111 Å². The number of carbonyl (C=O) groups excluding carboxylic acids is 2. The zero-order chi connectivity index (χ0) is 37.9. The third-order valence-corrected chi connectivity index (χ3v) is 13.6. The zero-order valence-electron chi connectivity index (χ0n) is 33.1. The van der Waals surface area contributed by atoms with Crippen LogP contribution in [0.4, 0.5) is 10.5 Å². The summed E-state index contributed by atoms with van der Waals surface area (Å²) in [5, 5.41) is 4.11. The number of esters is 1. The number of benzene rings is 2. The number of hydrogen-bond acceptors (Lipinski definition) is 8. The molecule has 4 bridgehead atoms. The standard InChI is InChI=1S/C45H61N3O7/c1-4-45(43(49)51-3)25-33-23-38(27-48(26-33)17-16-40-39-10-5-6-11-41(39)47-42(40)45)52-28-30-12-14-34(15-13-30)46-44(50)53-35-8-7-9-36(24-35)54-55-37-21-31-18-29(2)19-32(20-31)22-37/h5-6,10-15,29,31-33,35-38,47H,4,7-9,16-28H2,1-3H3,(H,46,50)/t29?,31?,32?,33-,35?,36-,37?,38+,45-/m1/s1. The average Bonchev–Trinajstić information content (AvgIpc) is 3.57. The van der Waals surface area contributed by atoms with E-state index in [4.69, 9.17) is 24.0 Å². The molecule has 10 nitrogen and oxygen atoms in total. The number of hydrogen-bond donors (Lipinski definition) is 2. The molecule has 10 heteroatoms. The highest BCUT2D eigenvalue weighted by Crippen LogP contribution is 2.45. The number of ether oxygens (including phenoxy) is 3. The van der Waals surface area contributed by atoms with Gasteiger partial charge in [0.15, 0.2) is 0 Å². The SMILES string of the molecule is CC[C@@]1(C(=O)OC)C[C@H]2C[C@H](OCc3ccc(NC(=O)OC4CCC[C@@H](OOC5CC6CC(C)CC(C6)C5)C4)cc3)C[N@@](CCc3c1[nH]c1ccccc31)C2. The molecule has 3 heterocycles. The number of carbonyl (C=O) groups is 2. The Labute approximate surface area is 326 Å². The highest BCUT2D eigenvalue weighted by Gasteiger charge is 2.47. The van der Waals surface area contributed by atoms with Gasteiger partial charge in [0, 0.05) is 48.3 Å². The smallest absolute Gasteiger partial charge is 0.411 e. The van der Waals surface area contributed by atoms with Crippen LogP contribution in [0.15, 0.2) is 48.5 Å². The van der Waals surface area contributed by atoms with Crippen molar-refractivity contribution < 1.29 is 33.6 Å². The Balaban J connectivity index is 0.817. The monoisotopic (exact) mass is 755 g/mol. The fourth-order valence-electron chi connectivity index (χ4n) is 11.1. The van der Waals surface area contributed by atoms with Gasteiger partial charge in [-0.3, -0.25) is 10.1 Å². The number of amides is 1. The quantitative estimate of drug-likeness (QED) is 0.120. The molecule has 0 spiro atoms. The van der Waals surface area contributed by atoms with E-state index in [2.05, 4.69) is 47.2 Å². The first-order valence-corrected chi connectivity index (χ1v) is 21.2. The van der Waals surface area contributed by atoms with Crippen LogP contribution in [-0.4, -0.2) is 73.1 Å². The van der Waals surface area contributed by atoms with Crippen molar-refractivity contribution in [2.24, 2.45) is 23.7 Å². The highest BCUT2D eigenvalue weighted by molar-refractivity contribution is 5.90. The number of fused-ring (bicyclic) bond motifs is 7. The fraction of sp³-hybridized carbons (Fsp3) is 0.644. The van der Waals surface area contributed by atoms with Crippen molar-refractivity contribution in [2.75, 3.05) is 32.1 Å². The first kappa shape index (κ1) is 38.4. The normalized spacial score (nSPS) is 33.4. The summed E-state index contributed by atoms with van der Waals surface area (Å²) < 4.78 is 17.9. The molecule has 3 aromatic rings. The van der Waals surface area contributed by atoms with Crippen LogP contribution in [-0.2, 0) is 47.2 Å². The Hall–Kier alpha value is -3.44. The number of aromatic nitrogens is 1. The van der Waals surface area contributed by atoms with Gasteiger partial charge in [-0.1, -0.05) is 44.2 Å². The van der Waals surface area contributed by atoms with Crippen LogP contribution in [0.1, 0.15) is 108 Å². The van der Waals surface area contributed by atoms with Crippen LogP contribution in [0.5, 0.6) is 0 Å². The van der Waals surface area contributed by atoms with Gasteiger partial charge in [0.25, 0.3) is 0 Å². The summed E-state index contributed by atoms with van der Waals surface area (Å²) in [4.78, 5) is 44.7. The third kappa shape index (κ3) is 8.78. The number of piperidine rings is 1. The zero-order valence-corrected chi connectivity index (χ0v) is 33.1. The summed E-state index contributed by atoms with van der Waals surface area (Å²) in [6.45, 7) is 7.68. The molecule has 8 rings (SSSR count). The van der Waals surface area contributed by atoms with E-state index in [0.717, 1.165) is 99.1 Å². The molecular formula is C45H61N3O7. The van der Waals surface area contributed by atoms with Gasteiger partial charge in [0.1, 0.15) is 11.5 Å². The Bertz CT molecular complexity index is 1760. The lowest BCUT2D eigenvalue weighted by Gasteiger charge is -2.41. The van der Waals surface area contributed by atoms with Crippen LogP contribution in [0, 0.1) is 23.7 Å². The molecule has 5 aliphatic rings. The largest absolute Gasteiger partial charge is 0.468 e. The van der Waals surface area contributed by atoms with Crippen LogP contribution in [0.3, 0.4) is 0 Å². The summed E-state index contributed by atoms with van der Waals surface area (Å²) in [5.41, 5.74) is 4.34. The molecule has 55 heavy (non-hydrogen) atoms. The second-order valence-corrected chi connectivity index (χ2v) is 17.7. The van der Waals surface area contributed by atoms with Crippen molar-refractivity contribution in [1.29, 1.82) is 0 Å². The molecule has 3 unspecified atom stereocenters. The van der Waals surface area contributed by atoms with E-state index in [9.17, 15) is 9.59 Å². The van der Waals surface area contributed by atoms with Gasteiger partial charge in [-0.15, -0.1) is 0 Å².